The third-order valence-corrected chi connectivity index (χ3v) is 5.63. The van der Waals surface area contributed by atoms with E-state index in [4.69, 9.17) is 4.74 Å². The lowest BCUT2D eigenvalue weighted by Gasteiger charge is -2.39. The minimum atomic E-state index is -1.62. The van der Waals surface area contributed by atoms with Gasteiger partial charge in [-0.25, -0.2) is 18.6 Å². The monoisotopic (exact) mass is 455 g/mol. The number of rotatable bonds is 4. The zero-order valence-electron chi connectivity index (χ0n) is 17.6. The molecule has 0 radical (unpaired) electrons. The Balaban J connectivity index is 1.56. The van der Waals surface area contributed by atoms with E-state index >= 15 is 0 Å². The number of ketones is 1. The third kappa shape index (κ3) is 4.17. The van der Waals surface area contributed by atoms with Crippen molar-refractivity contribution >= 4 is 29.1 Å². The normalized spacial score (nSPS) is 24.4. The first-order chi connectivity index (χ1) is 15.6. The zero-order valence-corrected chi connectivity index (χ0v) is 17.6. The van der Waals surface area contributed by atoms with Crippen LogP contribution in [0.1, 0.15) is 36.3 Å². The van der Waals surface area contributed by atoms with Crippen molar-refractivity contribution in [2.24, 2.45) is 5.92 Å². The maximum atomic E-state index is 13.8. The summed E-state index contributed by atoms with van der Waals surface area (Å²) in [6.07, 6.45) is 4.90. The molecule has 33 heavy (non-hydrogen) atoms. The number of fused-ring (bicyclic) bond motifs is 1. The van der Waals surface area contributed by atoms with Gasteiger partial charge in [-0.3, -0.25) is 14.6 Å². The Morgan fingerprint density at radius 1 is 1.18 bits per heavy atom. The van der Waals surface area contributed by atoms with E-state index in [1.165, 1.54) is 19.3 Å². The molecule has 1 aromatic heterocycles. The van der Waals surface area contributed by atoms with Crippen LogP contribution in [0.3, 0.4) is 0 Å². The van der Waals surface area contributed by atoms with Crippen LogP contribution in [0.5, 0.6) is 0 Å². The van der Waals surface area contributed by atoms with E-state index in [9.17, 15) is 28.3 Å². The van der Waals surface area contributed by atoms with Gasteiger partial charge in [0.15, 0.2) is 11.4 Å². The van der Waals surface area contributed by atoms with E-state index in [1.807, 2.05) is 0 Å². The molecule has 1 fully saturated rings. The average molecular weight is 455 g/mol. The van der Waals surface area contributed by atoms with Gasteiger partial charge >= 0.3 is 5.97 Å². The van der Waals surface area contributed by atoms with E-state index in [0.717, 1.165) is 23.8 Å². The number of halogens is 2. The highest BCUT2D eigenvalue weighted by Crippen LogP contribution is 2.38. The van der Waals surface area contributed by atoms with Gasteiger partial charge in [-0.05, 0) is 37.6 Å². The van der Waals surface area contributed by atoms with Crippen LogP contribution in [-0.4, -0.2) is 44.4 Å². The van der Waals surface area contributed by atoms with Crippen molar-refractivity contribution in [3.8, 4) is 0 Å². The molecule has 2 N–H and O–H groups in total. The molecule has 10 heteroatoms. The van der Waals surface area contributed by atoms with Gasteiger partial charge in [-0.15, -0.1) is 0 Å². The van der Waals surface area contributed by atoms with E-state index in [0.29, 0.717) is 11.3 Å². The van der Waals surface area contributed by atoms with Gasteiger partial charge in [0.25, 0.3) is 5.91 Å². The van der Waals surface area contributed by atoms with Crippen LogP contribution in [0, 0.1) is 17.6 Å². The number of carboxylic acids is 1. The van der Waals surface area contributed by atoms with Crippen molar-refractivity contribution in [1.82, 2.24) is 9.97 Å². The van der Waals surface area contributed by atoms with Crippen LogP contribution >= 0.6 is 0 Å². The molecule has 1 aliphatic heterocycles. The molecule has 1 aliphatic carbocycles. The van der Waals surface area contributed by atoms with E-state index in [2.05, 4.69) is 15.3 Å². The summed E-state index contributed by atoms with van der Waals surface area (Å²) in [4.78, 5) is 44.6. The smallest absolute Gasteiger partial charge is 0.336 e. The van der Waals surface area contributed by atoms with Crippen LogP contribution in [-0.2, 0) is 14.3 Å². The Morgan fingerprint density at radius 3 is 2.48 bits per heavy atom. The molecule has 0 spiro atoms. The van der Waals surface area contributed by atoms with Gasteiger partial charge in [-0.1, -0.05) is 12.1 Å². The highest BCUT2D eigenvalue weighted by atomic mass is 19.1. The second-order valence-electron chi connectivity index (χ2n) is 8.06. The Hall–Kier alpha value is -3.79. The van der Waals surface area contributed by atoms with E-state index in [-0.39, 0.29) is 18.0 Å². The molecule has 2 aliphatic rings. The summed E-state index contributed by atoms with van der Waals surface area (Å²) in [6.45, 7) is 3.14. The number of aliphatic carboxylic acids is 1. The molecule has 1 saturated heterocycles. The van der Waals surface area contributed by atoms with E-state index in [1.54, 1.807) is 19.1 Å². The fourth-order valence-corrected chi connectivity index (χ4v) is 3.87. The summed E-state index contributed by atoms with van der Waals surface area (Å²) in [5.41, 5.74) is -0.656. The molecular formula is C23H19F2N3O5. The number of ether oxygens (including phenoxy) is 1. The van der Waals surface area contributed by atoms with Crippen LogP contribution < -0.4 is 5.32 Å². The average Bonchev–Trinajstić information content (AvgIpc) is 2.74. The lowest BCUT2D eigenvalue weighted by Crippen LogP contribution is -2.52. The minimum absolute atomic E-state index is 0.0233. The SMILES string of the molecule is CC1=CC2C(=O)CC(C)(C(=O)O)OC2C=C1c1cnc(NC(=O)c2c(F)cccc2F)cn1. The van der Waals surface area contributed by atoms with Crippen LogP contribution in [0.4, 0.5) is 14.6 Å². The second-order valence-corrected chi connectivity index (χ2v) is 8.06. The summed E-state index contributed by atoms with van der Waals surface area (Å²) in [5, 5.41) is 11.7. The van der Waals surface area contributed by atoms with Crippen molar-refractivity contribution in [3.63, 3.8) is 0 Å². The number of benzene rings is 1. The highest BCUT2D eigenvalue weighted by Gasteiger charge is 2.48. The van der Waals surface area contributed by atoms with Crippen molar-refractivity contribution < 1.29 is 33.0 Å². The Bertz CT molecular complexity index is 1200. The number of allylic oxidation sites excluding steroid dienone is 2. The van der Waals surface area contributed by atoms with Crippen LogP contribution in [0.25, 0.3) is 5.57 Å². The lowest BCUT2D eigenvalue weighted by atomic mass is 9.79. The van der Waals surface area contributed by atoms with Gasteiger partial charge in [0.05, 0.1) is 30.1 Å². The molecule has 2 heterocycles. The van der Waals surface area contributed by atoms with Gasteiger partial charge in [-0.2, -0.15) is 0 Å². The zero-order chi connectivity index (χ0) is 23.9. The first-order valence-corrected chi connectivity index (χ1v) is 10.0. The largest absolute Gasteiger partial charge is 0.479 e. The Kier molecular flexibility index (Phi) is 5.62. The fraction of sp³-hybridized carbons (Fsp3) is 0.261. The number of aromatic nitrogens is 2. The lowest BCUT2D eigenvalue weighted by molar-refractivity contribution is -0.182. The van der Waals surface area contributed by atoms with Gasteiger partial charge < -0.3 is 15.2 Å². The number of anilines is 1. The molecule has 1 aromatic carbocycles. The quantitative estimate of drug-likeness (QED) is 0.727. The number of nitrogens with zero attached hydrogens (tertiary/aromatic N) is 2. The van der Waals surface area contributed by atoms with Crippen molar-refractivity contribution in [1.29, 1.82) is 0 Å². The third-order valence-electron chi connectivity index (χ3n) is 5.63. The van der Waals surface area contributed by atoms with Gasteiger partial charge in [0.2, 0.25) is 0 Å². The van der Waals surface area contributed by atoms with Gasteiger partial charge in [0, 0.05) is 12.0 Å². The van der Waals surface area contributed by atoms with Crippen LogP contribution in [0.15, 0.2) is 48.3 Å². The highest BCUT2D eigenvalue weighted by molar-refractivity contribution is 6.04. The maximum Gasteiger partial charge on any atom is 0.336 e. The molecule has 4 rings (SSSR count). The predicted molar refractivity (Wildman–Crippen MR) is 112 cm³/mol. The number of Topliss-reactive ketones (excluding diaryl/α,β-unsaturated/α-hetero) is 1. The Labute approximate surface area is 187 Å². The number of hydrogen-bond acceptors (Lipinski definition) is 6. The summed E-state index contributed by atoms with van der Waals surface area (Å²) >= 11 is 0. The summed E-state index contributed by atoms with van der Waals surface area (Å²) in [6, 6.07) is 3.09. The molecule has 3 atom stereocenters. The predicted octanol–water partition coefficient (Wildman–Crippen LogP) is 3.17. The molecule has 3 unspecified atom stereocenters. The second kappa shape index (κ2) is 8.28. The Morgan fingerprint density at radius 2 is 1.88 bits per heavy atom. The summed E-state index contributed by atoms with van der Waals surface area (Å²) < 4.78 is 33.3. The maximum absolute atomic E-state index is 13.8. The van der Waals surface area contributed by atoms with Crippen molar-refractivity contribution in [2.45, 2.75) is 32.0 Å². The van der Waals surface area contributed by atoms with Crippen molar-refractivity contribution in [3.05, 3.63) is 71.2 Å². The molecule has 1 amide bonds. The molecule has 2 aromatic rings. The van der Waals surface area contributed by atoms with E-state index < -0.39 is 46.7 Å². The first kappa shape index (κ1) is 22.4. The summed E-state index contributed by atoms with van der Waals surface area (Å²) in [7, 11) is 0. The molecule has 0 saturated carbocycles. The van der Waals surface area contributed by atoms with Gasteiger partial charge in [0.1, 0.15) is 23.0 Å². The number of carbonyl (C=O) groups is 3. The molecular weight excluding hydrogens is 436 g/mol. The number of carbonyl (C=O) groups excluding carboxylic acids is 2. The molecule has 8 nitrogen and oxygen atoms in total. The van der Waals surface area contributed by atoms with Crippen LogP contribution in [0.2, 0.25) is 0 Å². The number of nitrogens with one attached hydrogen (secondary N) is 1. The molecule has 170 valence electrons. The number of carboxylic acid groups (broad SMARTS) is 1. The number of hydrogen-bond donors (Lipinski definition) is 2. The fourth-order valence-electron chi connectivity index (χ4n) is 3.87. The summed E-state index contributed by atoms with van der Waals surface area (Å²) in [5.74, 6) is -5.08. The topological polar surface area (TPSA) is 118 Å². The van der Waals surface area contributed by atoms with Crippen molar-refractivity contribution in [2.75, 3.05) is 5.32 Å². The number of amides is 1. The molecule has 0 bridgehead atoms. The standard InChI is InChI=1S/C23H19F2N3O5/c1-11-6-13-17(29)8-23(2,22(31)32)33-18(13)7-12(11)16-9-27-19(10-26-16)28-21(30)20-14(24)4-3-5-15(20)25/h3-7,9-10,13,18H,8H2,1-2H3,(H,31,32)(H,27,28,30). The first-order valence-electron chi connectivity index (χ1n) is 10.0. The minimum Gasteiger partial charge on any atom is -0.479 e.